The fourth-order valence-corrected chi connectivity index (χ4v) is 6.21. The smallest absolute Gasteiger partial charge is 0.247 e. The Kier molecular flexibility index (Phi) is 6.53. The molecule has 1 heterocycles. The maximum Gasteiger partial charge on any atom is 0.247 e. The Bertz CT molecular complexity index is 1150. The van der Waals surface area contributed by atoms with Crippen molar-refractivity contribution in [1.82, 2.24) is 9.62 Å². The van der Waals surface area contributed by atoms with Gasteiger partial charge in [-0.2, -0.15) is 4.31 Å². The number of nitrogens with one attached hydrogen (secondary N) is 1. The molecule has 2 amide bonds. The Morgan fingerprint density at radius 2 is 1.67 bits per heavy atom. The zero-order valence-electron chi connectivity index (χ0n) is 18.8. The van der Waals surface area contributed by atoms with Crippen LogP contribution >= 0.6 is 11.6 Å². The summed E-state index contributed by atoms with van der Waals surface area (Å²) in [7, 11) is -3.97. The van der Waals surface area contributed by atoms with E-state index in [4.69, 9.17) is 11.6 Å². The number of aryl methyl sites for hydroxylation is 1. The fourth-order valence-electron chi connectivity index (χ4n) is 4.60. The average Bonchev–Trinajstić information content (AvgIpc) is 3.28. The van der Waals surface area contributed by atoms with Crippen molar-refractivity contribution in [2.45, 2.75) is 56.0 Å². The first-order valence-corrected chi connectivity index (χ1v) is 12.9. The van der Waals surface area contributed by atoms with Crippen LogP contribution in [0.5, 0.6) is 0 Å². The number of rotatable bonds is 5. The molecular formula is C24H28ClN3O4S. The quantitative estimate of drug-likeness (QED) is 0.696. The van der Waals surface area contributed by atoms with Crippen LogP contribution in [0.15, 0.2) is 53.4 Å². The maximum atomic E-state index is 13.6. The topological polar surface area (TPSA) is 86.8 Å². The van der Waals surface area contributed by atoms with E-state index in [-0.39, 0.29) is 29.9 Å². The summed E-state index contributed by atoms with van der Waals surface area (Å²) in [6.07, 6.45) is 3.83. The highest BCUT2D eigenvalue weighted by Crippen LogP contribution is 2.33. The van der Waals surface area contributed by atoms with E-state index >= 15 is 0 Å². The standard InChI is InChI=1S/C24H28ClN3O4S/c1-17-7-13-21(14-8-17)33(31,32)27-15-22(29)28(20-11-9-18(25)10-12-20)24(2,16-27)23(30)26-19-5-3-4-6-19/h7-14,19H,3-6,15-16H2,1-2H3,(H,26,30)/t24-/m0/s1. The number of hydrogen-bond donors (Lipinski definition) is 1. The van der Waals surface area contributed by atoms with Crippen molar-refractivity contribution in [3.05, 3.63) is 59.1 Å². The predicted octanol–water partition coefficient (Wildman–Crippen LogP) is 3.50. The van der Waals surface area contributed by atoms with Gasteiger partial charge in [0.1, 0.15) is 5.54 Å². The number of carbonyl (C=O) groups is 2. The van der Waals surface area contributed by atoms with Crippen LogP contribution in [0.4, 0.5) is 5.69 Å². The lowest BCUT2D eigenvalue weighted by Gasteiger charge is -2.47. The number of nitrogens with zero attached hydrogens (tertiary/aromatic N) is 2. The molecule has 2 aromatic rings. The minimum absolute atomic E-state index is 0.0283. The molecular weight excluding hydrogens is 462 g/mol. The third-order valence-electron chi connectivity index (χ3n) is 6.46. The van der Waals surface area contributed by atoms with Gasteiger partial charge in [0.2, 0.25) is 21.8 Å². The van der Waals surface area contributed by atoms with Crippen LogP contribution < -0.4 is 10.2 Å². The molecule has 2 fully saturated rings. The first kappa shape index (κ1) is 23.7. The van der Waals surface area contributed by atoms with Crippen LogP contribution in [0.1, 0.15) is 38.2 Å². The number of piperazine rings is 1. The van der Waals surface area contributed by atoms with E-state index < -0.39 is 21.5 Å². The van der Waals surface area contributed by atoms with Gasteiger partial charge in [-0.15, -0.1) is 0 Å². The summed E-state index contributed by atoms with van der Waals surface area (Å²) in [6.45, 7) is 2.98. The summed E-state index contributed by atoms with van der Waals surface area (Å²) in [5.74, 6) is -0.829. The Balaban J connectivity index is 1.72. The van der Waals surface area contributed by atoms with Crippen molar-refractivity contribution in [2.24, 2.45) is 0 Å². The fraction of sp³-hybridized carbons (Fsp3) is 0.417. The van der Waals surface area contributed by atoms with E-state index in [0.717, 1.165) is 35.6 Å². The molecule has 0 radical (unpaired) electrons. The number of hydrogen-bond acceptors (Lipinski definition) is 4. The molecule has 2 aliphatic rings. The molecule has 1 saturated carbocycles. The molecule has 1 aliphatic carbocycles. The maximum absolute atomic E-state index is 13.6. The molecule has 0 bridgehead atoms. The number of anilines is 1. The third kappa shape index (κ3) is 4.65. The summed E-state index contributed by atoms with van der Waals surface area (Å²) in [5, 5.41) is 3.56. The second kappa shape index (κ2) is 9.08. The lowest BCUT2D eigenvalue weighted by Crippen LogP contribution is -2.70. The van der Waals surface area contributed by atoms with Crippen LogP contribution in [0.25, 0.3) is 0 Å². The number of benzene rings is 2. The molecule has 0 aromatic heterocycles. The Labute approximate surface area is 199 Å². The summed E-state index contributed by atoms with van der Waals surface area (Å²) in [4.78, 5) is 28.5. The second-order valence-electron chi connectivity index (χ2n) is 9.02. The summed E-state index contributed by atoms with van der Waals surface area (Å²) in [5.41, 5.74) is 0.00277. The first-order chi connectivity index (χ1) is 15.6. The van der Waals surface area contributed by atoms with Crippen LogP contribution in [0.3, 0.4) is 0 Å². The van der Waals surface area contributed by atoms with Gasteiger partial charge >= 0.3 is 0 Å². The molecule has 2 aromatic carbocycles. The highest BCUT2D eigenvalue weighted by atomic mass is 35.5. The van der Waals surface area contributed by atoms with E-state index in [2.05, 4.69) is 5.32 Å². The lowest BCUT2D eigenvalue weighted by atomic mass is 9.94. The largest absolute Gasteiger partial charge is 0.351 e. The monoisotopic (exact) mass is 489 g/mol. The number of carbonyl (C=O) groups excluding carboxylic acids is 2. The average molecular weight is 490 g/mol. The van der Waals surface area contributed by atoms with E-state index in [1.807, 2.05) is 6.92 Å². The van der Waals surface area contributed by atoms with Crippen molar-refractivity contribution in [3.8, 4) is 0 Å². The number of sulfonamides is 1. The van der Waals surface area contributed by atoms with Gasteiger partial charge in [0, 0.05) is 23.3 Å². The van der Waals surface area contributed by atoms with Crippen LogP contribution in [-0.2, 0) is 19.6 Å². The van der Waals surface area contributed by atoms with Gasteiger partial charge in [-0.3, -0.25) is 14.5 Å². The molecule has 1 saturated heterocycles. The SMILES string of the molecule is Cc1ccc(S(=O)(=O)N2CC(=O)N(c3ccc(Cl)cc3)[C@](C)(C(=O)NC3CCCC3)C2)cc1. The molecule has 1 N–H and O–H groups in total. The van der Waals surface area contributed by atoms with Crippen LogP contribution in [0, 0.1) is 6.92 Å². The van der Waals surface area contributed by atoms with Gasteiger partial charge in [-0.25, -0.2) is 8.42 Å². The molecule has 4 rings (SSSR count). The third-order valence-corrected chi connectivity index (χ3v) is 8.52. The van der Waals surface area contributed by atoms with E-state index in [1.165, 1.54) is 17.0 Å². The lowest BCUT2D eigenvalue weighted by molar-refractivity contribution is -0.133. The van der Waals surface area contributed by atoms with Crippen molar-refractivity contribution >= 4 is 39.1 Å². The summed E-state index contributed by atoms with van der Waals surface area (Å²) in [6, 6.07) is 13.1. The van der Waals surface area contributed by atoms with Gasteiger partial charge in [0.15, 0.2) is 0 Å². The highest BCUT2D eigenvalue weighted by Gasteiger charge is 2.51. The zero-order valence-corrected chi connectivity index (χ0v) is 20.3. The van der Waals surface area contributed by atoms with Crippen LogP contribution in [0.2, 0.25) is 5.02 Å². The van der Waals surface area contributed by atoms with E-state index in [0.29, 0.717) is 10.7 Å². The molecule has 176 valence electrons. The normalized spacial score (nSPS) is 22.5. The molecule has 9 heteroatoms. The van der Waals surface area contributed by atoms with Crippen molar-refractivity contribution in [2.75, 3.05) is 18.0 Å². The predicted molar refractivity (Wildman–Crippen MR) is 128 cm³/mol. The minimum Gasteiger partial charge on any atom is -0.351 e. The number of halogens is 1. The summed E-state index contributed by atoms with van der Waals surface area (Å²) < 4.78 is 27.9. The minimum atomic E-state index is -3.97. The van der Waals surface area contributed by atoms with Crippen LogP contribution in [-0.4, -0.2) is 49.2 Å². The van der Waals surface area contributed by atoms with Crippen molar-refractivity contribution in [3.63, 3.8) is 0 Å². The van der Waals surface area contributed by atoms with Gasteiger partial charge in [0.05, 0.1) is 11.4 Å². The summed E-state index contributed by atoms with van der Waals surface area (Å²) >= 11 is 6.03. The van der Waals surface area contributed by atoms with Crippen molar-refractivity contribution < 1.29 is 18.0 Å². The molecule has 0 unspecified atom stereocenters. The highest BCUT2D eigenvalue weighted by molar-refractivity contribution is 7.89. The van der Waals surface area contributed by atoms with E-state index in [9.17, 15) is 18.0 Å². The van der Waals surface area contributed by atoms with Gasteiger partial charge in [-0.05, 0) is 63.1 Å². The van der Waals surface area contributed by atoms with E-state index in [1.54, 1.807) is 43.3 Å². The zero-order chi connectivity index (χ0) is 23.8. The molecule has 33 heavy (non-hydrogen) atoms. The number of amides is 2. The van der Waals surface area contributed by atoms with Crippen molar-refractivity contribution in [1.29, 1.82) is 0 Å². The molecule has 7 nitrogen and oxygen atoms in total. The van der Waals surface area contributed by atoms with Gasteiger partial charge < -0.3 is 5.32 Å². The Morgan fingerprint density at radius 1 is 1.06 bits per heavy atom. The Hall–Kier alpha value is -2.42. The molecule has 1 atom stereocenters. The molecule has 1 aliphatic heterocycles. The second-order valence-corrected chi connectivity index (χ2v) is 11.4. The Morgan fingerprint density at radius 3 is 2.27 bits per heavy atom. The molecule has 0 spiro atoms. The first-order valence-electron chi connectivity index (χ1n) is 11.1. The van der Waals surface area contributed by atoms with Gasteiger partial charge in [0.25, 0.3) is 0 Å². The van der Waals surface area contributed by atoms with Gasteiger partial charge in [-0.1, -0.05) is 42.1 Å².